The van der Waals surface area contributed by atoms with Crippen LogP contribution in [0.15, 0.2) is 28.9 Å². The average molecular weight is 605 g/mol. The third kappa shape index (κ3) is 9.83. The molecule has 0 aliphatic heterocycles. The van der Waals surface area contributed by atoms with Gasteiger partial charge in [-0.3, -0.25) is 0 Å². The summed E-state index contributed by atoms with van der Waals surface area (Å²) in [6.45, 7) is 53.5. The summed E-state index contributed by atoms with van der Waals surface area (Å²) >= 11 is 0. The van der Waals surface area contributed by atoms with E-state index in [9.17, 15) is 0 Å². The van der Waals surface area contributed by atoms with Gasteiger partial charge in [0.05, 0.1) is 0 Å². The van der Waals surface area contributed by atoms with Crippen LogP contribution in [0.1, 0.15) is 157 Å². The van der Waals surface area contributed by atoms with Gasteiger partial charge in [-0.25, -0.2) is 0 Å². The van der Waals surface area contributed by atoms with Gasteiger partial charge in [0, 0.05) is 0 Å². The Hall–Kier alpha value is -2.34. The topological polar surface area (TPSA) is 0 Å². The van der Waals surface area contributed by atoms with Crippen molar-refractivity contribution in [3.63, 3.8) is 0 Å². The van der Waals surface area contributed by atoms with E-state index in [0.717, 1.165) is 12.0 Å². The third-order valence-corrected chi connectivity index (χ3v) is 9.68. The van der Waals surface area contributed by atoms with Crippen molar-refractivity contribution in [2.75, 3.05) is 0 Å². The molecule has 0 heterocycles. The van der Waals surface area contributed by atoms with E-state index < -0.39 is 0 Å². The molecule has 0 nitrogen and oxygen atoms in total. The molecule has 0 saturated heterocycles. The van der Waals surface area contributed by atoms with Crippen LogP contribution in [-0.2, 0) is 6.42 Å². The van der Waals surface area contributed by atoms with Gasteiger partial charge >= 0.3 is 0 Å². The molecule has 0 unspecified atom stereocenters. The Labute approximate surface area is 278 Å². The van der Waals surface area contributed by atoms with Crippen molar-refractivity contribution in [2.45, 2.75) is 166 Å². The molecule has 0 atom stereocenters. The molecule has 0 radical (unpaired) electrons. The summed E-state index contributed by atoms with van der Waals surface area (Å²) < 4.78 is 0. The number of hydrogen-bond donors (Lipinski definition) is 0. The highest BCUT2D eigenvalue weighted by atomic mass is 14.3. The predicted octanol–water partition coefficient (Wildman–Crippen LogP) is 14.7. The number of hydrogen-bond acceptors (Lipinski definition) is 0. The highest BCUT2D eigenvalue weighted by Crippen LogP contribution is 2.43. The first-order chi connectivity index (χ1) is 20.0. The van der Waals surface area contributed by atoms with Crippen LogP contribution in [0.4, 0.5) is 0 Å². The predicted molar refractivity (Wildman–Crippen MR) is 209 cm³/mol. The van der Waals surface area contributed by atoms with Gasteiger partial charge < -0.3 is 0 Å². The Morgan fingerprint density at radius 1 is 0.500 bits per heavy atom. The molecule has 252 valence electrons. The average Bonchev–Trinajstić information content (AvgIpc) is 2.99. The summed E-state index contributed by atoms with van der Waals surface area (Å²) in [5.41, 5.74) is 24.2. The maximum atomic E-state index is 4.43. The monoisotopic (exact) mass is 605 g/mol. The van der Waals surface area contributed by atoms with Crippen LogP contribution in [0.2, 0.25) is 0 Å². The van der Waals surface area contributed by atoms with Gasteiger partial charge in [-0.15, -0.1) is 0 Å². The van der Waals surface area contributed by atoms with Gasteiger partial charge in [0.2, 0.25) is 0 Å². The minimum Gasteiger partial charge on any atom is -0.0958 e. The Bertz CT molecular complexity index is 1240. The normalized spacial score (nSPS) is 11.6. The van der Waals surface area contributed by atoms with Crippen molar-refractivity contribution in [1.82, 2.24) is 0 Å². The van der Waals surface area contributed by atoms with Crippen LogP contribution in [0.25, 0.3) is 5.57 Å². The van der Waals surface area contributed by atoms with Crippen molar-refractivity contribution < 1.29 is 0 Å². The Morgan fingerprint density at radius 2 is 0.795 bits per heavy atom. The fourth-order valence-corrected chi connectivity index (χ4v) is 6.08. The molecule has 44 heavy (non-hydrogen) atoms. The molecule has 0 aliphatic rings. The van der Waals surface area contributed by atoms with Crippen LogP contribution in [-0.4, -0.2) is 0 Å². The van der Waals surface area contributed by atoms with Gasteiger partial charge in [-0.1, -0.05) is 94.4 Å². The Morgan fingerprint density at radius 3 is 1.07 bits per heavy atom. The minimum absolute atomic E-state index is 0. The fourth-order valence-electron chi connectivity index (χ4n) is 6.08. The van der Waals surface area contributed by atoms with E-state index >= 15 is 0 Å². The molecule has 2 aromatic carbocycles. The molecule has 2 rings (SSSR count). The standard InChI is InChI=1S/C37H54.3C2H6.CH4/c1-19(2)22(7)37(36-31(16)27(12)24(9)28(13)32(36)17)35(21(5)6)33(20(3)4)18-34-29(14)25(10)23(8)26(11)30(34)15;3*1-2;/h20-21H,1,18H2,2-17H3;3*1-2H3;1H4/b35-33+,37-22+;;;;. The van der Waals surface area contributed by atoms with Gasteiger partial charge in [-0.2, -0.15) is 0 Å². The van der Waals surface area contributed by atoms with E-state index in [0.29, 0.717) is 11.8 Å². The molecule has 0 spiro atoms. The lowest BCUT2D eigenvalue weighted by Gasteiger charge is -2.31. The minimum atomic E-state index is 0. The van der Waals surface area contributed by atoms with Gasteiger partial charge in [0.15, 0.2) is 0 Å². The highest BCUT2D eigenvalue weighted by molar-refractivity contribution is 5.88. The third-order valence-electron chi connectivity index (χ3n) is 9.68. The lowest BCUT2D eigenvalue weighted by molar-refractivity contribution is 0.686. The van der Waals surface area contributed by atoms with Gasteiger partial charge in [0.25, 0.3) is 0 Å². The molecule has 0 aliphatic carbocycles. The quantitative estimate of drug-likeness (QED) is 0.276. The second kappa shape index (κ2) is 20.6. The van der Waals surface area contributed by atoms with E-state index in [1.165, 1.54) is 83.5 Å². The lowest BCUT2D eigenvalue weighted by Crippen LogP contribution is -2.15. The smallest absolute Gasteiger partial charge is 0.00529 e. The van der Waals surface area contributed by atoms with E-state index in [4.69, 9.17) is 0 Å². The fraction of sp³-hybridized carbons (Fsp3) is 0.591. The van der Waals surface area contributed by atoms with Crippen LogP contribution in [0, 0.1) is 81.1 Å². The van der Waals surface area contributed by atoms with Crippen molar-refractivity contribution in [2.24, 2.45) is 11.8 Å². The van der Waals surface area contributed by atoms with Crippen LogP contribution in [0.3, 0.4) is 0 Å². The summed E-state index contributed by atoms with van der Waals surface area (Å²) in [7, 11) is 0. The van der Waals surface area contributed by atoms with Crippen molar-refractivity contribution in [3.8, 4) is 0 Å². The van der Waals surface area contributed by atoms with Crippen LogP contribution < -0.4 is 0 Å². The molecule has 0 N–H and O–H groups in total. The van der Waals surface area contributed by atoms with Gasteiger partial charge in [0.1, 0.15) is 0 Å². The lowest BCUT2D eigenvalue weighted by atomic mass is 9.74. The van der Waals surface area contributed by atoms with Crippen molar-refractivity contribution in [3.05, 3.63) is 95.6 Å². The van der Waals surface area contributed by atoms with E-state index in [1.54, 1.807) is 5.57 Å². The molecule has 2 aromatic rings. The summed E-state index contributed by atoms with van der Waals surface area (Å²) in [5.74, 6) is 0.843. The summed E-state index contributed by atoms with van der Waals surface area (Å²) in [6, 6.07) is 0. The molecule has 0 fully saturated rings. The van der Waals surface area contributed by atoms with Gasteiger partial charge in [-0.05, 0) is 185 Å². The summed E-state index contributed by atoms with van der Waals surface area (Å²) in [4.78, 5) is 0. The molecule has 0 bridgehead atoms. The number of benzene rings is 2. The summed E-state index contributed by atoms with van der Waals surface area (Å²) in [5, 5.41) is 0. The molecule has 0 saturated carbocycles. The Balaban J connectivity index is -0.00000225. The van der Waals surface area contributed by atoms with E-state index in [-0.39, 0.29) is 7.43 Å². The molecular formula is C44H76. The maximum absolute atomic E-state index is 4.43. The molecule has 0 amide bonds. The second-order valence-corrected chi connectivity index (χ2v) is 12.3. The SMILES string of the molecule is C.C=C(C)/C(C)=C(\C(=C(/Cc1c(C)c(C)c(C)c(C)c1C)C(C)C)C(C)C)c1c(C)c(C)c(C)c(C)c1C.CC.CC.CC. The first-order valence-corrected chi connectivity index (χ1v) is 17.2. The van der Waals surface area contributed by atoms with E-state index in [1.807, 2.05) is 41.5 Å². The maximum Gasteiger partial charge on any atom is -0.00529 e. The van der Waals surface area contributed by atoms with Crippen LogP contribution in [0.5, 0.6) is 0 Å². The second-order valence-electron chi connectivity index (χ2n) is 12.3. The largest absolute Gasteiger partial charge is 0.0958 e. The first kappa shape index (κ1) is 46.1. The summed E-state index contributed by atoms with van der Waals surface area (Å²) in [6.07, 6.45) is 1.000. The van der Waals surface area contributed by atoms with Crippen LogP contribution >= 0.6 is 0 Å². The molecular weight excluding hydrogens is 528 g/mol. The number of allylic oxidation sites excluding steroid dienone is 5. The number of rotatable bonds is 7. The van der Waals surface area contributed by atoms with E-state index in [2.05, 4.69) is 117 Å². The molecule has 0 aromatic heterocycles. The van der Waals surface area contributed by atoms with Crippen molar-refractivity contribution in [1.29, 1.82) is 0 Å². The Kier molecular flexibility index (Phi) is 21.6. The zero-order valence-corrected chi connectivity index (χ0v) is 33.1. The zero-order valence-electron chi connectivity index (χ0n) is 33.1. The van der Waals surface area contributed by atoms with Crippen molar-refractivity contribution >= 4 is 5.57 Å². The zero-order chi connectivity index (χ0) is 34.7. The highest BCUT2D eigenvalue weighted by Gasteiger charge is 2.26. The first-order valence-electron chi connectivity index (χ1n) is 17.2. The molecule has 0 heteroatoms.